The number of hydrogen-bond donors (Lipinski definition) is 2. The summed E-state index contributed by atoms with van der Waals surface area (Å²) in [5.74, 6) is -0.0810. The van der Waals surface area contributed by atoms with Crippen LogP contribution in [0.4, 0.5) is 5.69 Å². The molecule has 3 rings (SSSR count). The highest BCUT2D eigenvalue weighted by molar-refractivity contribution is 9.10. The van der Waals surface area contributed by atoms with Crippen LogP contribution in [0.2, 0.25) is 0 Å². The fourth-order valence-electron chi connectivity index (χ4n) is 3.38. The lowest BCUT2D eigenvalue weighted by molar-refractivity contribution is -0.116. The number of benzene rings is 2. The van der Waals surface area contributed by atoms with Crippen molar-refractivity contribution in [1.82, 2.24) is 4.72 Å². The minimum Gasteiger partial charge on any atom is -0.325 e. The van der Waals surface area contributed by atoms with E-state index in [-0.39, 0.29) is 16.8 Å². The molecule has 0 aliphatic heterocycles. The van der Waals surface area contributed by atoms with Crippen LogP contribution in [0.15, 0.2) is 57.9 Å². The Morgan fingerprint density at radius 2 is 1.68 bits per heavy atom. The molecule has 2 aromatic carbocycles. The number of aryl methyl sites for hydroxylation is 1. The summed E-state index contributed by atoms with van der Waals surface area (Å²) in [6, 6.07) is 14.3. The Hall–Kier alpha value is -1.70. The first-order valence-electron chi connectivity index (χ1n) is 9.60. The van der Waals surface area contributed by atoms with E-state index in [9.17, 15) is 13.2 Å². The van der Waals surface area contributed by atoms with Gasteiger partial charge in [-0.05, 0) is 65.0 Å². The third-order valence-corrected chi connectivity index (χ3v) is 7.18. The molecule has 0 unspecified atom stereocenters. The van der Waals surface area contributed by atoms with Gasteiger partial charge in [0.2, 0.25) is 15.9 Å². The molecular formula is C21H25BrN2O3S. The molecule has 0 atom stereocenters. The zero-order valence-electron chi connectivity index (χ0n) is 15.7. The maximum Gasteiger partial charge on any atom is 0.240 e. The zero-order valence-corrected chi connectivity index (χ0v) is 18.1. The third-order valence-electron chi connectivity index (χ3n) is 4.95. The van der Waals surface area contributed by atoms with E-state index in [0.29, 0.717) is 12.8 Å². The average Bonchev–Trinajstić information content (AvgIpc) is 2.69. The molecule has 1 aliphatic carbocycles. The predicted octanol–water partition coefficient (Wildman–Crippen LogP) is 4.63. The fourth-order valence-corrected chi connectivity index (χ4v) is 5.07. The molecule has 150 valence electrons. The van der Waals surface area contributed by atoms with Crippen LogP contribution in [0.5, 0.6) is 0 Å². The molecule has 0 aromatic heterocycles. The number of para-hydroxylation sites is 1. The summed E-state index contributed by atoms with van der Waals surface area (Å²) >= 11 is 3.41. The van der Waals surface area contributed by atoms with Crippen molar-refractivity contribution in [2.24, 2.45) is 0 Å². The molecule has 1 saturated carbocycles. The molecule has 5 nitrogen and oxygen atoms in total. The number of amides is 1. The van der Waals surface area contributed by atoms with Gasteiger partial charge in [-0.2, -0.15) is 0 Å². The quantitative estimate of drug-likeness (QED) is 0.626. The van der Waals surface area contributed by atoms with Crippen molar-refractivity contribution < 1.29 is 13.2 Å². The maximum absolute atomic E-state index is 12.5. The van der Waals surface area contributed by atoms with Crippen LogP contribution in [0, 0.1) is 0 Å². The number of halogens is 1. The molecule has 2 N–H and O–H groups in total. The first-order valence-corrected chi connectivity index (χ1v) is 11.9. The minimum atomic E-state index is -3.49. The Morgan fingerprint density at radius 3 is 2.36 bits per heavy atom. The lowest BCUT2D eigenvalue weighted by Crippen LogP contribution is -2.36. The monoisotopic (exact) mass is 464 g/mol. The van der Waals surface area contributed by atoms with Gasteiger partial charge in [0.1, 0.15) is 0 Å². The molecule has 0 saturated heterocycles. The van der Waals surface area contributed by atoms with Crippen LogP contribution < -0.4 is 10.0 Å². The second kappa shape index (κ2) is 9.67. The largest absolute Gasteiger partial charge is 0.325 e. The van der Waals surface area contributed by atoms with Crippen LogP contribution >= 0.6 is 15.9 Å². The minimum absolute atomic E-state index is 0.0411. The molecular weight excluding hydrogens is 440 g/mol. The van der Waals surface area contributed by atoms with E-state index in [2.05, 4.69) is 26.0 Å². The van der Waals surface area contributed by atoms with E-state index in [4.69, 9.17) is 0 Å². The molecule has 2 aromatic rings. The van der Waals surface area contributed by atoms with Crippen molar-refractivity contribution >= 4 is 37.5 Å². The van der Waals surface area contributed by atoms with Gasteiger partial charge in [-0.15, -0.1) is 0 Å². The van der Waals surface area contributed by atoms with Crippen LogP contribution in [0.1, 0.15) is 44.1 Å². The molecule has 1 aliphatic rings. The van der Waals surface area contributed by atoms with Crippen molar-refractivity contribution in [3.63, 3.8) is 0 Å². The van der Waals surface area contributed by atoms with Crippen molar-refractivity contribution in [3.8, 4) is 0 Å². The maximum atomic E-state index is 12.5. The summed E-state index contributed by atoms with van der Waals surface area (Å²) in [4.78, 5) is 12.4. The van der Waals surface area contributed by atoms with Crippen molar-refractivity contribution in [3.05, 3.63) is 58.6 Å². The van der Waals surface area contributed by atoms with Gasteiger partial charge in [-0.1, -0.05) is 43.5 Å². The Kier molecular flexibility index (Phi) is 7.26. The molecule has 1 fully saturated rings. The molecule has 0 bridgehead atoms. The highest BCUT2D eigenvalue weighted by atomic mass is 79.9. The fraction of sp³-hybridized carbons (Fsp3) is 0.381. The highest BCUT2D eigenvalue weighted by Gasteiger charge is 2.21. The first kappa shape index (κ1) is 21.0. The van der Waals surface area contributed by atoms with Gasteiger partial charge in [0, 0.05) is 16.9 Å². The highest BCUT2D eigenvalue weighted by Crippen LogP contribution is 2.22. The van der Waals surface area contributed by atoms with Crippen LogP contribution in [0.3, 0.4) is 0 Å². The molecule has 0 heterocycles. The Morgan fingerprint density at radius 1 is 1.00 bits per heavy atom. The number of nitrogens with one attached hydrogen (secondary N) is 2. The van der Waals surface area contributed by atoms with E-state index in [1.54, 1.807) is 24.3 Å². The average molecular weight is 465 g/mol. The number of hydrogen-bond acceptors (Lipinski definition) is 3. The van der Waals surface area contributed by atoms with Crippen molar-refractivity contribution in [2.45, 2.75) is 55.9 Å². The Bertz CT molecular complexity index is 908. The summed E-state index contributed by atoms with van der Waals surface area (Å²) in [6.07, 6.45) is 6.03. The van der Waals surface area contributed by atoms with Gasteiger partial charge in [-0.3, -0.25) is 4.79 Å². The first-order chi connectivity index (χ1) is 13.4. The Balaban J connectivity index is 1.53. The Labute approximate surface area is 175 Å². The molecule has 0 radical (unpaired) electrons. The van der Waals surface area contributed by atoms with Crippen molar-refractivity contribution in [2.75, 3.05) is 5.32 Å². The summed E-state index contributed by atoms with van der Waals surface area (Å²) in [6.45, 7) is 0. The number of anilines is 1. The predicted molar refractivity (Wildman–Crippen MR) is 115 cm³/mol. The normalized spacial score (nSPS) is 15.3. The van der Waals surface area contributed by atoms with Crippen LogP contribution in [-0.4, -0.2) is 20.4 Å². The van der Waals surface area contributed by atoms with Gasteiger partial charge in [-0.25, -0.2) is 13.1 Å². The van der Waals surface area contributed by atoms with Gasteiger partial charge >= 0.3 is 0 Å². The number of rotatable bonds is 7. The lowest BCUT2D eigenvalue weighted by atomic mass is 9.96. The third kappa shape index (κ3) is 5.90. The number of sulfonamides is 1. The number of carbonyl (C=O) groups excluding carboxylic acids is 1. The number of carbonyl (C=O) groups is 1. The summed E-state index contributed by atoms with van der Waals surface area (Å²) in [7, 11) is -3.49. The second-order valence-corrected chi connectivity index (χ2v) is 9.70. The summed E-state index contributed by atoms with van der Waals surface area (Å²) in [5, 5.41) is 2.87. The van der Waals surface area contributed by atoms with Gasteiger partial charge < -0.3 is 5.32 Å². The van der Waals surface area contributed by atoms with E-state index in [1.807, 2.05) is 24.3 Å². The molecule has 28 heavy (non-hydrogen) atoms. The lowest BCUT2D eigenvalue weighted by Gasteiger charge is -2.22. The van der Waals surface area contributed by atoms with E-state index < -0.39 is 10.0 Å². The van der Waals surface area contributed by atoms with Gasteiger partial charge in [0.15, 0.2) is 0 Å². The topological polar surface area (TPSA) is 75.3 Å². The molecule has 7 heteroatoms. The van der Waals surface area contributed by atoms with E-state index in [1.165, 1.54) is 6.42 Å². The zero-order chi connectivity index (χ0) is 20.0. The van der Waals surface area contributed by atoms with E-state index >= 15 is 0 Å². The van der Waals surface area contributed by atoms with E-state index in [0.717, 1.165) is 41.4 Å². The summed E-state index contributed by atoms with van der Waals surface area (Å²) < 4.78 is 28.7. The van der Waals surface area contributed by atoms with Crippen molar-refractivity contribution in [1.29, 1.82) is 0 Å². The second-order valence-electron chi connectivity index (χ2n) is 7.13. The van der Waals surface area contributed by atoms with Gasteiger partial charge in [0.05, 0.1) is 10.6 Å². The smallest absolute Gasteiger partial charge is 0.240 e. The molecule has 1 amide bonds. The summed E-state index contributed by atoms with van der Waals surface area (Å²) in [5.41, 5.74) is 1.67. The molecule has 0 spiro atoms. The van der Waals surface area contributed by atoms with Crippen LogP contribution in [-0.2, 0) is 21.2 Å². The van der Waals surface area contributed by atoms with Crippen LogP contribution in [0.25, 0.3) is 0 Å². The SMILES string of the molecule is O=C(CCc1ccc(S(=O)(=O)NC2CCCCC2)cc1)Nc1ccccc1Br. The van der Waals surface area contributed by atoms with Gasteiger partial charge in [0.25, 0.3) is 0 Å². The standard InChI is InChI=1S/C21H25BrN2O3S/c22-19-8-4-5-9-20(19)23-21(25)15-12-16-10-13-18(14-11-16)28(26,27)24-17-6-2-1-3-7-17/h4-5,8-11,13-14,17,24H,1-3,6-7,12,15H2,(H,23,25).